The van der Waals surface area contributed by atoms with Crippen molar-refractivity contribution in [1.29, 1.82) is 0 Å². The van der Waals surface area contributed by atoms with Gasteiger partial charge in [-0.15, -0.1) is 0 Å². The summed E-state index contributed by atoms with van der Waals surface area (Å²) in [7, 11) is 0. The van der Waals surface area contributed by atoms with Gasteiger partial charge in [0.05, 0.1) is 11.7 Å². The minimum Gasteiger partial charge on any atom is -0.339 e. The lowest BCUT2D eigenvalue weighted by atomic mass is 9.98. The van der Waals surface area contributed by atoms with Gasteiger partial charge in [-0.2, -0.15) is 16.7 Å². The van der Waals surface area contributed by atoms with Crippen LogP contribution >= 0.6 is 11.8 Å². The molecule has 1 aromatic rings. The predicted octanol–water partition coefficient (Wildman–Crippen LogP) is 1.26. The van der Waals surface area contributed by atoms with Crippen LogP contribution in [0.2, 0.25) is 0 Å². The highest BCUT2D eigenvalue weighted by Crippen LogP contribution is 2.26. The third-order valence-corrected chi connectivity index (χ3v) is 3.14. The third kappa shape index (κ3) is 1.93. The smallest absolute Gasteiger partial charge is 0.231 e. The highest BCUT2D eigenvalue weighted by atomic mass is 32.2. The van der Waals surface area contributed by atoms with Crippen molar-refractivity contribution < 1.29 is 4.52 Å². The van der Waals surface area contributed by atoms with E-state index in [1.54, 1.807) is 11.8 Å². The first-order valence-corrected chi connectivity index (χ1v) is 6.22. The predicted molar refractivity (Wildman–Crippen MR) is 56.3 cm³/mol. The number of hydrogen-bond acceptors (Lipinski definition) is 5. The molecule has 0 amide bonds. The Kier molecular flexibility index (Phi) is 3.08. The zero-order chi connectivity index (χ0) is 9.97. The van der Waals surface area contributed by atoms with Crippen LogP contribution in [0.25, 0.3) is 0 Å². The number of rotatable bonds is 3. The molecule has 1 saturated heterocycles. The molecule has 0 saturated carbocycles. The maximum Gasteiger partial charge on any atom is 0.231 e. The lowest BCUT2D eigenvalue weighted by Gasteiger charge is -2.07. The average molecular weight is 213 g/mol. The van der Waals surface area contributed by atoms with E-state index in [4.69, 9.17) is 4.52 Å². The first kappa shape index (κ1) is 9.98. The number of aromatic nitrogens is 2. The summed E-state index contributed by atoms with van der Waals surface area (Å²) in [6, 6.07) is 0. The molecule has 5 heteroatoms. The largest absolute Gasteiger partial charge is 0.339 e. The van der Waals surface area contributed by atoms with Crippen molar-refractivity contribution in [2.75, 3.05) is 19.3 Å². The van der Waals surface area contributed by atoms with Gasteiger partial charge >= 0.3 is 0 Å². The van der Waals surface area contributed by atoms with Crippen molar-refractivity contribution in [2.45, 2.75) is 18.6 Å². The monoisotopic (exact) mass is 213 g/mol. The fourth-order valence-electron chi connectivity index (χ4n) is 1.75. The Morgan fingerprint density at radius 2 is 2.43 bits per heavy atom. The molecule has 78 valence electrons. The molecule has 0 aromatic carbocycles. The maximum absolute atomic E-state index is 5.26. The van der Waals surface area contributed by atoms with Crippen LogP contribution in [0, 0.1) is 5.92 Å². The molecule has 14 heavy (non-hydrogen) atoms. The number of nitrogens with one attached hydrogen (secondary N) is 1. The van der Waals surface area contributed by atoms with Gasteiger partial charge in [-0.25, -0.2) is 0 Å². The van der Waals surface area contributed by atoms with Gasteiger partial charge in [0, 0.05) is 6.54 Å². The Hall–Kier alpha value is -0.550. The summed E-state index contributed by atoms with van der Waals surface area (Å²) < 4.78 is 5.26. The molecule has 1 aliphatic heterocycles. The van der Waals surface area contributed by atoms with E-state index in [-0.39, 0.29) is 0 Å². The summed E-state index contributed by atoms with van der Waals surface area (Å²) in [6.45, 7) is 4.22. The van der Waals surface area contributed by atoms with E-state index in [9.17, 15) is 0 Å². The Morgan fingerprint density at radius 3 is 3.07 bits per heavy atom. The quantitative estimate of drug-likeness (QED) is 0.819. The second kappa shape index (κ2) is 4.31. The highest BCUT2D eigenvalue weighted by molar-refractivity contribution is 7.97. The molecule has 1 aromatic heterocycles. The van der Waals surface area contributed by atoms with Gasteiger partial charge in [0.15, 0.2) is 5.82 Å². The van der Waals surface area contributed by atoms with Gasteiger partial charge < -0.3 is 9.84 Å². The zero-order valence-electron chi connectivity index (χ0n) is 8.49. The molecule has 1 aliphatic rings. The van der Waals surface area contributed by atoms with Crippen LogP contribution in [0.15, 0.2) is 4.52 Å². The molecule has 1 N–H and O–H groups in total. The van der Waals surface area contributed by atoms with Crippen LogP contribution in [-0.4, -0.2) is 29.5 Å². The first-order valence-electron chi connectivity index (χ1n) is 4.83. The average Bonchev–Trinajstić information content (AvgIpc) is 2.74. The summed E-state index contributed by atoms with van der Waals surface area (Å²) in [6.07, 6.45) is 2.04. The highest BCUT2D eigenvalue weighted by Gasteiger charge is 2.29. The molecule has 2 atom stereocenters. The summed E-state index contributed by atoms with van der Waals surface area (Å²) in [5.41, 5.74) is 0. The van der Waals surface area contributed by atoms with E-state index in [1.807, 2.05) is 6.26 Å². The van der Waals surface area contributed by atoms with Crippen molar-refractivity contribution in [1.82, 2.24) is 15.5 Å². The molecule has 4 nitrogen and oxygen atoms in total. The fraction of sp³-hybridized carbons (Fsp3) is 0.778. The number of nitrogens with zero attached hydrogens (tertiary/aromatic N) is 2. The summed E-state index contributed by atoms with van der Waals surface area (Å²) >= 11 is 1.71. The van der Waals surface area contributed by atoms with E-state index in [0.29, 0.717) is 11.8 Å². The molecule has 1 fully saturated rings. The van der Waals surface area contributed by atoms with Gasteiger partial charge in [0.1, 0.15) is 0 Å². The van der Waals surface area contributed by atoms with Crippen molar-refractivity contribution in [3.8, 4) is 0 Å². The number of hydrogen-bond donors (Lipinski definition) is 1. The molecular weight excluding hydrogens is 198 g/mol. The van der Waals surface area contributed by atoms with Gasteiger partial charge in [-0.05, 0) is 18.7 Å². The summed E-state index contributed by atoms with van der Waals surface area (Å²) in [5.74, 6) is 3.44. The standard InChI is InChI=1S/C9H15N3OS/c1-6-3-10-4-7(6)9-11-8(5-14-2)12-13-9/h6-7,10H,3-5H2,1-2H3. The van der Waals surface area contributed by atoms with Gasteiger partial charge in [-0.1, -0.05) is 12.1 Å². The van der Waals surface area contributed by atoms with E-state index in [0.717, 1.165) is 30.6 Å². The Bertz CT molecular complexity index is 302. The minimum absolute atomic E-state index is 0.401. The first-order chi connectivity index (χ1) is 6.81. The second-order valence-electron chi connectivity index (χ2n) is 3.72. The lowest BCUT2D eigenvalue weighted by molar-refractivity contribution is 0.337. The Labute approximate surface area is 87.8 Å². The SMILES string of the molecule is CSCc1noc(C2CNCC2C)n1. The van der Waals surface area contributed by atoms with E-state index < -0.39 is 0 Å². The van der Waals surface area contributed by atoms with Gasteiger partial charge in [0.25, 0.3) is 0 Å². The lowest BCUT2D eigenvalue weighted by Crippen LogP contribution is -2.08. The van der Waals surface area contributed by atoms with Crippen LogP contribution in [0.1, 0.15) is 24.6 Å². The summed E-state index contributed by atoms with van der Waals surface area (Å²) in [5, 5.41) is 7.28. The van der Waals surface area contributed by atoms with E-state index >= 15 is 0 Å². The fourth-order valence-corrected chi connectivity index (χ4v) is 2.12. The molecule has 2 rings (SSSR count). The molecule has 0 radical (unpaired) electrons. The Balaban J connectivity index is 2.08. The topological polar surface area (TPSA) is 51.0 Å². The van der Waals surface area contributed by atoms with Crippen LogP contribution in [0.4, 0.5) is 0 Å². The van der Waals surface area contributed by atoms with Crippen LogP contribution in [0.3, 0.4) is 0 Å². The maximum atomic E-state index is 5.26. The minimum atomic E-state index is 0.401. The third-order valence-electron chi connectivity index (χ3n) is 2.59. The normalized spacial score (nSPS) is 27.0. The second-order valence-corrected chi connectivity index (χ2v) is 4.59. The van der Waals surface area contributed by atoms with Gasteiger partial charge in [0.2, 0.25) is 5.89 Å². The van der Waals surface area contributed by atoms with Crippen LogP contribution < -0.4 is 5.32 Å². The van der Waals surface area contributed by atoms with Crippen molar-refractivity contribution in [3.63, 3.8) is 0 Å². The Morgan fingerprint density at radius 1 is 1.57 bits per heavy atom. The van der Waals surface area contributed by atoms with Crippen molar-refractivity contribution >= 4 is 11.8 Å². The molecule has 2 heterocycles. The molecular formula is C9H15N3OS. The van der Waals surface area contributed by atoms with Crippen LogP contribution in [-0.2, 0) is 5.75 Å². The van der Waals surface area contributed by atoms with Crippen LogP contribution in [0.5, 0.6) is 0 Å². The van der Waals surface area contributed by atoms with E-state index in [2.05, 4.69) is 22.4 Å². The van der Waals surface area contributed by atoms with Crippen molar-refractivity contribution in [3.05, 3.63) is 11.7 Å². The summed E-state index contributed by atoms with van der Waals surface area (Å²) in [4.78, 5) is 4.39. The number of thioether (sulfide) groups is 1. The molecule has 0 aliphatic carbocycles. The van der Waals surface area contributed by atoms with Crippen molar-refractivity contribution in [2.24, 2.45) is 5.92 Å². The van der Waals surface area contributed by atoms with Gasteiger partial charge in [-0.3, -0.25) is 0 Å². The van der Waals surface area contributed by atoms with E-state index in [1.165, 1.54) is 0 Å². The molecule has 0 spiro atoms. The molecule has 0 bridgehead atoms. The molecule has 2 unspecified atom stereocenters. The zero-order valence-corrected chi connectivity index (χ0v) is 9.30.